The first-order valence-electron chi connectivity index (χ1n) is 7.13. The molecular weight excluding hydrogens is 404 g/mol. The lowest BCUT2D eigenvalue weighted by Gasteiger charge is -2.31. The molecule has 8 nitrogen and oxygen atoms in total. The van der Waals surface area contributed by atoms with E-state index in [0.717, 1.165) is 0 Å². The van der Waals surface area contributed by atoms with Crippen LogP contribution in [0.4, 0.5) is 4.79 Å². The van der Waals surface area contributed by atoms with Crippen LogP contribution in [0.3, 0.4) is 0 Å². The van der Waals surface area contributed by atoms with Gasteiger partial charge >= 0.3 is 6.09 Å². The molecule has 128 valence electrons. The van der Waals surface area contributed by atoms with Crippen molar-refractivity contribution < 1.29 is 19.7 Å². The van der Waals surface area contributed by atoms with Crippen LogP contribution in [0.1, 0.15) is 0 Å². The fraction of sp³-hybridized carbons (Fsp3) is 0.357. The van der Waals surface area contributed by atoms with Gasteiger partial charge in [-0.25, -0.2) is 14.8 Å². The smallest absolute Gasteiger partial charge is 0.407 e. The number of nitrogens with one attached hydrogen (secondary N) is 1. The standard InChI is InChI=1S/C14H14BrClN4O4/c15-8-3-9(10-12(11(8)16)18-6-19-13(10)21)24-5-7-4-20(14(22)23)2-1-17-7/h3,6-7,17H,1-2,4-5H2,(H,22,23)(H,18,19,21)/t7-/m0/s1. The molecule has 2 heterocycles. The van der Waals surface area contributed by atoms with E-state index in [0.29, 0.717) is 45.8 Å². The Labute approximate surface area is 150 Å². The molecule has 1 aliphatic heterocycles. The van der Waals surface area contributed by atoms with Gasteiger partial charge in [-0.15, -0.1) is 0 Å². The number of hydrogen-bond donors (Lipinski definition) is 3. The van der Waals surface area contributed by atoms with E-state index in [2.05, 4.69) is 31.2 Å². The number of benzene rings is 1. The molecule has 1 atom stereocenters. The largest absolute Gasteiger partial charge is 0.493 e. The number of carbonyl (C=O) groups is 1. The monoisotopic (exact) mass is 416 g/mol. The molecule has 1 aromatic heterocycles. The van der Waals surface area contributed by atoms with Gasteiger partial charge in [-0.05, 0) is 22.0 Å². The molecule has 1 aromatic carbocycles. The Hall–Kier alpha value is -1.84. The number of aromatic hydroxyl groups is 1. The van der Waals surface area contributed by atoms with Crippen LogP contribution in [0.2, 0.25) is 5.02 Å². The average molecular weight is 418 g/mol. The highest BCUT2D eigenvalue weighted by Crippen LogP contribution is 2.39. The summed E-state index contributed by atoms with van der Waals surface area (Å²) in [6.07, 6.45) is 0.264. The highest BCUT2D eigenvalue weighted by Gasteiger charge is 2.24. The van der Waals surface area contributed by atoms with Crippen LogP contribution < -0.4 is 10.1 Å². The molecule has 0 saturated carbocycles. The summed E-state index contributed by atoms with van der Waals surface area (Å²) in [6, 6.07) is 1.47. The molecule has 0 bridgehead atoms. The van der Waals surface area contributed by atoms with Crippen LogP contribution in [0.15, 0.2) is 16.9 Å². The Kier molecular flexibility index (Phi) is 4.93. The topological polar surface area (TPSA) is 108 Å². The summed E-state index contributed by atoms with van der Waals surface area (Å²) in [5.41, 5.74) is 0.373. The second kappa shape index (κ2) is 6.96. The number of amides is 1. The summed E-state index contributed by atoms with van der Waals surface area (Å²) in [4.78, 5) is 20.2. The predicted molar refractivity (Wildman–Crippen MR) is 90.8 cm³/mol. The minimum atomic E-state index is -0.952. The van der Waals surface area contributed by atoms with E-state index in [1.165, 1.54) is 11.2 Å². The zero-order chi connectivity index (χ0) is 17.3. The minimum absolute atomic E-state index is 0.161. The maximum atomic E-state index is 11.1. The SMILES string of the molecule is O=C(O)N1CCN[C@H](COc2cc(Br)c(Cl)c3ncnc(O)c23)C1. The van der Waals surface area contributed by atoms with Crippen molar-refractivity contribution in [3.63, 3.8) is 0 Å². The molecular formula is C14H14BrClN4O4. The lowest BCUT2D eigenvalue weighted by atomic mass is 10.2. The summed E-state index contributed by atoms with van der Waals surface area (Å²) in [7, 11) is 0. The first-order chi connectivity index (χ1) is 11.5. The van der Waals surface area contributed by atoms with Gasteiger partial charge in [0.1, 0.15) is 29.6 Å². The molecule has 1 fully saturated rings. The van der Waals surface area contributed by atoms with E-state index in [-0.39, 0.29) is 18.5 Å². The molecule has 24 heavy (non-hydrogen) atoms. The van der Waals surface area contributed by atoms with Gasteiger partial charge in [0.2, 0.25) is 5.88 Å². The van der Waals surface area contributed by atoms with Crippen molar-refractivity contribution in [2.45, 2.75) is 6.04 Å². The summed E-state index contributed by atoms with van der Waals surface area (Å²) < 4.78 is 6.37. The molecule has 0 aliphatic carbocycles. The van der Waals surface area contributed by atoms with Gasteiger partial charge in [0.05, 0.1) is 11.1 Å². The van der Waals surface area contributed by atoms with Crippen molar-refractivity contribution in [3.05, 3.63) is 21.9 Å². The predicted octanol–water partition coefficient (Wildman–Crippen LogP) is 2.08. The molecule has 10 heteroatoms. The molecule has 0 radical (unpaired) electrons. The van der Waals surface area contributed by atoms with Gasteiger partial charge in [0, 0.05) is 24.1 Å². The number of piperazine rings is 1. The van der Waals surface area contributed by atoms with Crippen molar-refractivity contribution in [3.8, 4) is 11.6 Å². The molecule has 3 N–H and O–H groups in total. The van der Waals surface area contributed by atoms with Gasteiger partial charge < -0.3 is 25.2 Å². The third kappa shape index (κ3) is 3.33. The van der Waals surface area contributed by atoms with Crippen LogP contribution in [0.25, 0.3) is 10.9 Å². The maximum absolute atomic E-state index is 11.1. The van der Waals surface area contributed by atoms with Crippen molar-refractivity contribution in [2.75, 3.05) is 26.2 Å². The van der Waals surface area contributed by atoms with E-state index in [1.807, 2.05) is 0 Å². The second-order valence-electron chi connectivity index (χ2n) is 5.28. The first-order valence-corrected chi connectivity index (χ1v) is 8.30. The van der Waals surface area contributed by atoms with Crippen molar-refractivity contribution >= 4 is 44.5 Å². The van der Waals surface area contributed by atoms with Gasteiger partial charge in [-0.1, -0.05) is 11.6 Å². The Morgan fingerprint density at radius 3 is 3.08 bits per heavy atom. The number of halogens is 2. The normalized spacial score (nSPS) is 17.9. The van der Waals surface area contributed by atoms with Gasteiger partial charge in [-0.2, -0.15) is 0 Å². The molecule has 1 saturated heterocycles. The van der Waals surface area contributed by atoms with E-state index in [1.54, 1.807) is 6.07 Å². The lowest BCUT2D eigenvalue weighted by molar-refractivity contribution is 0.118. The highest BCUT2D eigenvalue weighted by molar-refractivity contribution is 9.10. The quantitative estimate of drug-likeness (QED) is 0.702. The number of aromatic nitrogens is 2. The molecule has 1 amide bonds. The van der Waals surface area contributed by atoms with E-state index >= 15 is 0 Å². The number of nitrogens with zero attached hydrogens (tertiary/aromatic N) is 3. The van der Waals surface area contributed by atoms with E-state index in [4.69, 9.17) is 21.4 Å². The second-order valence-corrected chi connectivity index (χ2v) is 6.51. The number of fused-ring (bicyclic) bond motifs is 1. The van der Waals surface area contributed by atoms with Crippen molar-refractivity contribution in [1.82, 2.24) is 20.2 Å². The van der Waals surface area contributed by atoms with Crippen LogP contribution in [-0.2, 0) is 0 Å². The molecule has 0 unspecified atom stereocenters. The number of hydrogen-bond acceptors (Lipinski definition) is 6. The van der Waals surface area contributed by atoms with Crippen LogP contribution >= 0.6 is 27.5 Å². The Morgan fingerprint density at radius 1 is 1.54 bits per heavy atom. The van der Waals surface area contributed by atoms with Crippen molar-refractivity contribution in [2.24, 2.45) is 0 Å². The number of rotatable bonds is 3. The summed E-state index contributed by atoms with van der Waals surface area (Å²) in [5, 5.41) is 23.0. The third-order valence-electron chi connectivity index (χ3n) is 3.72. The number of carboxylic acid groups (broad SMARTS) is 1. The molecule has 2 aromatic rings. The van der Waals surface area contributed by atoms with Crippen LogP contribution in [0.5, 0.6) is 11.6 Å². The van der Waals surface area contributed by atoms with E-state index in [9.17, 15) is 9.90 Å². The summed E-state index contributed by atoms with van der Waals surface area (Å²) in [6.45, 7) is 1.54. The number of ether oxygens (including phenoxy) is 1. The molecule has 3 rings (SSSR count). The van der Waals surface area contributed by atoms with Gasteiger partial charge in [-0.3, -0.25) is 0 Å². The first kappa shape index (κ1) is 17.0. The Balaban J connectivity index is 1.83. The molecule has 0 spiro atoms. The minimum Gasteiger partial charge on any atom is -0.493 e. The average Bonchev–Trinajstić information content (AvgIpc) is 2.57. The lowest BCUT2D eigenvalue weighted by Crippen LogP contribution is -2.54. The highest BCUT2D eigenvalue weighted by atomic mass is 79.9. The Morgan fingerprint density at radius 2 is 2.33 bits per heavy atom. The van der Waals surface area contributed by atoms with Crippen molar-refractivity contribution in [1.29, 1.82) is 0 Å². The van der Waals surface area contributed by atoms with Crippen LogP contribution in [0, 0.1) is 0 Å². The van der Waals surface area contributed by atoms with E-state index < -0.39 is 6.09 Å². The summed E-state index contributed by atoms with van der Waals surface area (Å²) >= 11 is 9.52. The zero-order valence-corrected chi connectivity index (χ0v) is 14.7. The Bertz CT molecular complexity index is 791. The molecule has 1 aliphatic rings. The third-order valence-corrected chi connectivity index (χ3v) is 4.95. The zero-order valence-electron chi connectivity index (χ0n) is 12.4. The maximum Gasteiger partial charge on any atom is 0.407 e. The fourth-order valence-electron chi connectivity index (χ4n) is 2.55. The van der Waals surface area contributed by atoms with Gasteiger partial charge in [0.25, 0.3) is 0 Å². The fourth-order valence-corrected chi connectivity index (χ4v) is 3.14. The van der Waals surface area contributed by atoms with Gasteiger partial charge in [0.15, 0.2) is 0 Å². The van der Waals surface area contributed by atoms with Crippen LogP contribution in [-0.4, -0.2) is 63.5 Å². The summed E-state index contributed by atoms with van der Waals surface area (Å²) in [5.74, 6) is 0.141.